The van der Waals surface area contributed by atoms with Crippen LogP contribution in [0.4, 0.5) is 0 Å². The molecule has 0 N–H and O–H groups in total. The van der Waals surface area contributed by atoms with E-state index in [0.717, 1.165) is 12.2 Å². The fraction of sp³-hybridized carbons (Fsp3) is 0.208. The first-order chi connectivity index (χ1) is 13.3. The number of hydrogen-bond acceptors (Lipinski definition) is 2. The van der Waals surface area contributed by atoms with Crippen molar-refractivity contribution in [3.63, 3.8) is 0 Å². The van der Waals surface area contributed by atoms with Gasteiger partial charge in [-0.15, -0.1) is 11.8 Å². The SMILES string of the molecule is O=C(CCCSc1ccccc1)N(Cc1ccccc1)Cc1ccccc1. The second-order valence-corrected chi connectivity index (χ2v) is 7.65. The Labute approximate surface area is 166 Å². The molecule has 0 unspecified atom stereocenters. The van der Waals surface area contributed by atoms with Gasteiger partial charge in [0, 0.05) is 24.4 Å². The number of benzene rings is 3. The Balaban J connectivity index is 1.56. The van der Waals surface area contributed by atoms with E-state index in [1.54, 1.807) is 0 Å². The molecule has 0 saturated heterocycles. The minimum Gasteiger partial charge on any atom is -0.334 e. The quantitative estimate of drug-likeness (QED) is 0.349. The van der Waals surface area contributed by atoms with E-state index in [1.807, 2.05) is 59.1 Å². The van der Waals surface area contributed by atoms with E-state index in [4.69, 9.17) is 0 Å². The number of rotatable bonds is 9. The molecule has 3 rings (SSSR count). The van der Waals surface area contributed by atoms with Crippen LogP contribution in [-0.4, -0.2) is 16.6 Å². The number of carbonyl (C=O) groups is 1. The van der Waals surface area contributed by atoms with Crippen LogP contribution in [0, 0.1) is 0 Å². The summed E-state index contributed by atoms with van der Waals surface area (Å²) in [6, 6.07) is 30.8. The van der Waals surface area contributed by atoms with Gasteiger partial charge in [0.1, 0.15) is 0 Å². The summed E-state index contributed by atoms with van der Waals surface area (Å²) in [7, 11) is 0. The second-order valence-electron chi connectivity index (χ2n) is 6.49. The molecule has 0 aliphatic carbocycles. The van der Waals surface area contributed by atoms with Crippen LogP contribution in [0.15, 0.2) is 95.9 Å². The summed E-state index contributed by atoms with van der Waals surface area (Å²) in [5.74, 6) is 1.18. The van der Waals surface area contributed by atoms with E-state index >= 15 is 0 Å². The number of thioether (sulfide) groups is 1. The van der Waals surface area contributed by atoms with E-state index in [1.165, 1.54) is 16.0 Å². The van der Waals surface area contributed by atoms with Gasteiger partial charge >= 0.3 is 0 Å². The predicted molar refractivity (Wildman–Crippen MR) is 114 cm³/mol. The summed E-state index contributed by atoms with van der Waals surface area (Å²) in [6.45, 7) is 1.31. The highest BCUT2D eigenvalue weighted by Gasteiger charge is 2.14. The first-order valence-electron chi connectivity index (χ1n) is 9.35. The molecule has 3 aromatic carbocycles. The predicted octanol–water partition coefficient (Wildman–Crippen LogP) is 5.79. The Morgan fingerprint density at radius 2 is 1.19 bits per heavy atom. The van der Waals surface area contributed by atoms with Crippen molar-refractivity contribution < 1.29 is 4.79 Å². The Morgan fingerprint density at radius 1 is 0.704 bits per heavy atom. The van der Waals surface area contributed by atoms with Crippen LogP contribution >= 0.6 is 11.8 Å². The van der Waals surface area contributed by atoms with Crippen molar-refractivity contribution in [3.8, 4) is 0 Å². The minimum atomic E-state index is 0.219. The monoisotopic (exact) mass is 375 g/mol. The maximum Gasteiger partial charge on any atom is 0.223 e. The standard InChI is InChI=1S/C24H25NOS/c26-24(17-10-18-27-23-15-8-3-9-16-23)25(19-21-11-4-1-5-12-21)20-22-13-6-2-7-14-22/h1-9,11-16H,10,17-20H2. The normalized spacial score (nSPS) is 10.5. The van der Waals surface area contributed by atoms with Crippen molar-refractivity contribution in [2.45, 2.75) is 30.8 Å². The summed E-state index contributed by atoms with van der Waals surface area (Å²) in [5, 5.41) is 0. The van der Waals surface area contributed by atoms with E-state index in [-0.39, 0.29) is 5.91 Å². The van der Waals surface area contributed by atoms with Crippen LogP contribution in [0.3, 0.4) is 0 Å². The van der Waals surface area contributed by atoms with Gasteiger partial charge in [0.05, 0.1) is 0 Å². The minimum absolute atomic E-state index is 0.219. The van der Waals surface area contributed by atoms with Crippen molar-refractivity contribution in [1.82, 2.24) is 4.90 Å². The van der Waals surface area contributed by atoms with Crippen LogP contribution in [0.25, 0.3) is 0 Å². The lowest BCUT2D eigenvalue weighted by Crippen LogP contribution is -2.30. The molecule has 1 amide bonds. The van der Waals surface area contributed by atoms with Gasteiger partial charge in [0.15, 0.2) is 0 Å². The highest BCUT2D eigenvalue weighted by molar-refractivity contribution is 7.99. The molecule has 138 valence electrons. The van der Waals surface area contributed by atoms with Gasteiger partial charge in [-0.05, 0) is 35.4 Å². The summed E-state index contributed by atoms with van der Waals surface area (Å²) in [6.07, 6.45) is 1.47. The van der Waals surface area contributed by atoms with Crippen molar-refractivity contribution >= 4 is 17.7 Å². The zero-order valence-electron chi connectivity index (χ0n) is 15.5. The van der Waals surface area contributed by atoms with Gasteiger partial charge in [-0.3, -0.25) is 4.79 Å². The third-order valence-corrected chi connectivity index (χ3v) is 5.43. The molecule has 0 aliphatic heterocycles. The van der Waals surface area contributed by atoms with Crippen molar-refractivity contribution in [2.24, 2.45) is 0 Å². The second kappa shape index (κ2) is 10.6. The number of carbonyl (C=O) groups excluding carboxylic acids is 1. The van der Waals surface area contributed by atoms with Crippen molar-refractivity contribution in [3.05, 3.63) is 102 Å². The lowest BCUT2D eigenvalue weighted by atomic mass is 10.1. The van der Waals surface area contributed by atoms with E-state index in [0.29, 0.717) is 19.5 Å². The van der Waals surface area contributed by atoms with Gasteiger partial charge < -0.3 is 4.90 Å². The summed E-state index contributed by atoms with van der Waals surface area (Å²) >= 11 is 1.81. The molecule has 3 aromatic rings. The lowest BCUT2D eigenvalue weighted by Gasteiger charge is -2.23. The highest BCUT2D eigenvalue weighted by atomic mass is 32.2. The Kier molecular flexibility index (Phi) is 7.55. The summed E-state index contributed by atoms with van der Waals surface area (Å²) < 4.78 is 0. The smallest absolute Gasteiger partial charge is 0.223 e. The van der Waals surface area contributed by atoms with Crippen LogP contribution < -0.4 is 0 Å². The average Bonchev–Trinajstić information content (AvgIpc) is 2.73. The molecular weight excluding hydrogens is 350 g/mol. The van der Waals surface area contributed by atoms with Gasteiger partial charge in [0.2, 0.25) is 5.91 Å². The zero-order chi connectivity index (χ0) is 18.7. The number of amides is 1. The van der Waals surface area contributed by atoms with Crippen LogP contribution in [0.5, 0.6) is 0 Å². The molecule has 0 bridgehead atoms. The molecule has 0 fully saturated rings. The van der Waals surface area contributed by atoms with Crippen molar-refractivity contribution in [1.29, 1.82) is 0 Å². The first kappa shape index (κ1) is 19.2. The Hall–Kier alpha value is -2.52. The highest BCUT2D eigenvalue weighted by Crippen LogP contribution is 2.19. The third kappa shape index (κ3) is 6.61. The van der Waals surface area contributed by atoms with Gasteiger partial charge in [0.25, 0.3) is 0 Å². The van der Waals surface area contributed by atoms with Crippen molar-refractivity contribution in [2.75, 3.05) is 5.75 Å². The van der Waals surface area contributed by atoms with Gasteiger partial charge in [-0.2, -0.15) is 0 Å². The molecular formula is C24H25NOS. The fourth-order valence-corrected chi connectivity index (χ4v) is 3.80. The molecule has 0 saturated carbocycles. The molecule has 2 nitrogen and oxygen atoms in total. The number of nitrogens with zero attached hydrogens (tertiary/aromatic N) is 1. The maximum absolute atomic E-state index is 12.9. The largest absolute Gasteiger partial charge is 0.334 e. The number of hydrogen-bond donors (Lipinski definition) is 0. The first-order valence-corrected chi connectivity index (χ1v) is 10.3. The lowest BCUT2D eigenvalue weighted by molar-refractivity contribution is -0.132. The molecule has 0 aromatic heterocycles. The molecule has 0 atom stereocenters. The van der Waals surface area contributed by atoms with E-state index in [2.05, 4.69) is 48.5 Å². The van der Waals surface area contributed by atoms with Crippen LogP contribution in [-0.2, 0) is 17.9 Å². The Morgan fingerprint density at radius 3 is 1.70 bits per heavy atom. The third-order valence-electron chi connectivity index (χ3n) is 4.33. The fourth-order valence-electron chi connectivity index (χ4n) is 2.93. The molecule has 3 heteroatoms. The topological polar surface area (TPSA) is 20.3 Å². The summed E-state index contributed by atoms with van der Waals surface area (Å²) in [5.41, 5.74) is 2.33. The van der Waals surface area contributed by atoms with Gasteiger partial charge in [-0.25, -0.2) is 0 Å². The zero-order valence-corrected chi connectivity index (χ0v) is 16.3. The molecule has 0 heterocycles. The molecule has 0 spiro atoms. The molecule has 0 aliphatic rings. The summed E-state index contributed by atoms with van der Waals surface area (Å²) in [4.78, 5) is 16.1. The van der Waals surface area contributed by atoms with Crippen LogP contribution in [0.2, 0.25) is 0 Å². The molecule has 27 heavy (non-hydrogen) atoms. The Bertz CT molecular complexity index is 764. The van der Waals surface area contributed by atoms with Crippen LogP contribution in [0.1, 0.15) is 24.0 Å². The maximum atomic E-state index is 12.9. The molecule has 0 radical (unpaired) electrons. The van der Waals surface area contributed by atoms with E-state index < -0.39 is 0 Å². The van der Waals surface area contributed by atoms with Gasteiger partial charge in [-0.1, -0.05) is 78.9 Å². The average molecular weight is 376 g/mol. The van der Waals surface area contributed by atoms with E-state index in [9.17, 15) is 4.79 Å².